The van der Waals surface area contributed by atoms with Crippen molar-refractivity contribution in [3.8, 4) is 0 Å². The minimum atomic E-state index is -0.928. The van der Waals surface area contributed by atoms with Crippen LogP contribution in [-0.2, 0) is 16.0 Å². The highest BCUT2D eigenvalue weighted by molar-refractivity contribution is 5.75. The number of amides is 2. The van der Waals surface area contributed by atoms with E-state index in [9.17, 15) is 9.59 Å². The van der Waals surface area contributed by atoms with Gasteiger partial charge in [0.1, 0.15) is 6.10 Å². The molecule has 0 aliphatic carbocycles. The highest BCUT2D eigenvalue weighted by Gasteiger charge is 2.23. The van der Waals surface area contributed by atoms with Gasteiger partial charge in [-0.15, -0.1) is 0 Å². The summed E-state index contributed by atoms with van der Waals surface area (Å²) in [5, 5.41) is 11.1. The Kier molecular flexibility index (Phi) is 5.16. The zero-order valence-corrected chi connectivity index (χ0v) is 12.0. The van der Waals surface area contributed by atoms with Crippen LogP contribution in [0.15, 0.2) is 24.3 Å². The Balaban J connectivity index is 1.90. The van der Waals surface area contributed by atoms with E-state index in [4.69, 9.17) is 9.84 Å². The highest BCUT2D eigenvalue weighted by Crippen LogP contribution is 2.27. The van der Waals surface area contributed by atoms with Gasteiger partial charge in [-0.05, 0) is 17.5 Å². The molecule has 1 aliphatic heterocycles. The number of urea groups is 1. The summed E-state index contributed by atoms with van der Waals surface area (Å²) >= 11 is 0. The molecule has 1 aliphatic rings. The number of carbonyl (C=O) groups excluding carboxylic acids is 1. The number of carboxylic acids is 1. The van der Waals surface area contributed by atoms with Crippen LogP contribution < -0.4 is 5.32 Å². The van der Waals surface area contributed by atoms with Crippen molar-refractivity contribution in [2.45, 2.75) is 18.9 Å². The topological polar surface area (TPSA) is 78.9 Å². The molecular weight excluding hydrogens is 272 g/mol. The number of nitrogens with zero attached hydrogens (tertiary/aromatic N) is 1. The normalized spacial score (nSPS) is 16.9. The molecule has 0 radical (unpaired) electrons. The molecule has 1 aromatic rings. The van der Waals surface area contributed by atoms with Gasteiger partial charge in [0.05, 0.1) is 19.6 Å². The fourth-order valence-electron chi connectivity index (χ4n) is 2.37. The number of aliphatic carboxylic acids is 1. The number of likely N-dealkylation sites (N-methyl/N-ethyl adjacent to an activating group) is 1. The predicted molar refractivity (Wildman–Crippen MR) is 77.1 cm³/mol. The van der Waals surface area contributed by atoms with Crippen molar-refractivity contribution in [3.05, 3.63) is 35.4 Å². The molecule has 0 saturated heterocycles. The molecule has 0 aromatic heterocycles. The third-order valence-corrected chi connectivity index (χ3v) is 3.49. The SMILES string of the molecule is CN(CC1OCCc2ccccc21)C(=O)NCCC(=O)O. The molecule has 0 saturated carbocycles. The first kappa shape index (κ1) is 15.3. The first-order valence-electron chi connectivity index (χ1n) is 6.98. The smallest absolute Gasteiger partial charge is 0.317 e. The van der Waals surface area contributed by atoms with Crippen molar-refractivity contribution in [1.29, 1.82) is 0 Å². The van der Waals surface area contributed by atoms with Crippen LogP contribution in [-0.4, -0.2) is 48.8 Å². The van der Waals surface area contributed by atoms with E-state index in [0.29, 0.717) is 13.2 Å². The van der Waals surface area contributed by atoms with E-state index in [1.165, 1.54) is 10.5 Å². The molecule has 6 nitrogen and oxygen atoms in total. The Bertz CT molecular complexity index is 518. The number of carbonyl (C=O) groups is 2. The van der Waals surface area contributed by atoms with Gasteiger partial charge in [-0.1, -0.05) is 24.3 Å². The van der Waals surface area contributed by atoms with Gasteiger partial charge < -0.3 is 20.1 Å². The number of hydrogen-bond acceptors (Lipinski definition) is 3. The van der Waals surface area contributed by atoms with Gasteiger partial charge in [0.25, 0.3) is 0 Å². The summed E-state index contributed by atoms with van der Waals surface area (Å²) in [6, 6.07) is 7.78. The molecule has 2 rings (SSSR count). The van der Waals surface area contributed by atoms with Crippen molar-refractivity contribution in [2.24, 2.45) is 0 Å². The van der Waals surface area contributed by atoms with Gasteiger partial charge in [-0.2, -0.15) is 0 Å². The molecule has 2 N–H and O–H groups in total. The highest BCUT2D eigenvalue weighted by atomic mass is 16.5. The number of hydrogen-bond donors (Lipinski definition) is 2. The first-order valence-corrected chi connectivity index (χ1v) is 6.98. The lowest BCUT2D eigenvalue weighted by molar-refractivity contribution is -0.136. The zero-order chi connectivity index (χ0) is 15.2. The number of fused-ring (bicyclic) bond motifs is 1. The van der Waals surface area contributed by atoms with Crippen molar-refractivity contribution >= 4 is 12.0 Å². The van der Waals surface area contributed by atoms with Crippen LogP contribution in [0.4, 0.5) is 4.79 Å². The summed E-state index contributed by atoms with van der Waals surface area (Å²) < 4.78 is 5.75. The van der Waals surface area contributed by atoms with E-state index in [-0.39, 0.29) is 25.1 Å². The molecule has 21 heavy (non-hydrogen) atoms. The number of ether oxygens (including phenoxy) is 1. The Morgan fingerprint density at radius 2 is 2.19 bits per heavy atom. The molecule has 0 spiro atoms. The summed E-state index contributed by atoms with van der Waals surface area (Å²) in [6.45, 7) is 1.21. The second-order valence-electron chi connectivity index (χ2n) is 5.06. The maximum atomic E-state index is 11.9. The van der Waals surface area contributed by atoms with Crippen LogP contribution in [0.1, 0.15) is 23.7 Å². The largest absolute Gasteiger partial charge is 0.481 e. The van der Waals surface area contributed by atoms with E-state index in [0.717, 1.165) is 12.0 Å². The van der Waals surface area contributed by atoms with Gasteiger partial charge in [-0.25, -0.2) is 4.79 Å². The van der Waals surface area contributed by atoms with Gasteiger partial charge in [-0.3, -0.25) is 4.79 Å². The van der Waals surface area contributed by atoms with E-state index in [2.05, 4.69) is 11.4 Å². The Morgan fingerprint density at radius 3 is 2.95 bits per heavy atom. The number of nitrogens with one attached hydrogen (secondary N) is 1. The van der Waals surface area contributed by atoms with Crippen LogP contribution in [0.25, 0.3) is 0 Å². The Morgan fingerprint density at radius 1 is 1.43 bits per heavy atom. The third kappa shape index (κ3) is 4.19. The molecule has 0 bridgehead atoms. The van der Waals surface area contributed by atoms with Gasteiger partial charge in [0, 0.05) is 13.6 Å². The second-order valence-corrected chi connectivity index (χ2v) is 5.06. The molecular formula is C15H20N2O4. The minimum absolute atomic E-state index is 0.0810. The summed E-state index contributed by atoms with van der Waals surface area (Å²) in [4.78, 5) is 23.8. The molecule has 0 fully saturated rings. The standard InChI is InChI=1S/C15H20N2O4/c1-17(15(20)16-8-6-14(18)19)10-13-12-5-3-2-4-11(12)7-9-21-13/h2-5,13H,6-10H2,1H3,(H,16,20)(H,18,19). The lowest BCUT2D eigenvalue weighted by Gasteiger charge is -2.29. The third-order valence-electron chi connectivity index (χ3n) is 3.49. The number of rotatable bonds is 5. The van der Waals surface area contributed by atoms with Gasteiger partial charge in [0.2, 0.25) is 0 Å². The van der Waals surface area contributed by atoms with Crippen molar-refractivity contribution in [3.63, 3.8) is 0 Å². The Hall–Kier alpha value is -2.08. The molecule has 1 atom stereocenters. The fourth-order valence-corrected chi connectivity index (χ4v) is 2.37. The summed E-state index contributed by atoms with van der Waals surface area (Å²) in [7, 11) is 1.68. The molecule has 2 amide bonds. The van der Waals surface area contributed by atoms with E-state index in [1.54, 1.807) is 7.05 Å². The summed E-state index contributed by atoms with van der Waals surface area (Å²) in [6.07, 6.45) is 0.675. The van der Waals surface area contributed by atoms with Gasteiger partial charge >= 0.3 is 12.0 Å². The second kappa shape index (κ2) is 7.08. The van der Waals surface area contributed by atoms with Crippen LogP contribution in [0.2, 0.25) is 0 Å². The van der Waals surface area contributed by atoms with Gasteiger partial charge in [0.15, 0.2) is 0 Å². The van der Waals surface area contributed by atoms with Crippen LogP contribution in [0.5, 0.6) is 0 Å². The average Bonchev–Trinajstić information content (AvgIpc) is 2.47. The Labute approximate surface area is 123 Å². The summed E-state index contributed by atoms with van der Waals surface area (Å²) in [5.41, 5.74) is 2.38. The van der Waals surface area contributed by atoms with E-state index >= 15 is 0 Å². The average molecular weight is 292 g/mol. The molecule has 1 heterocycles. The predicted octanol–water partition coefficient (Wildman–Crippen LogP) is 1.42. The molecule has 1 unspecified atom stereocenters. The minimum Gasteiger partial charge on any atom is -0.481 e. The van der Waals surface area contributed by atoms with Crippen molar-refractivity contribution in [2.75, 3.05) is 26.7 Å². The van der Waals surface area contributed by atoms with Crippen molar-refractivity contribution in [1.82, 2.24) is 10.2 Å². The maximum absolute atomic E-state index is 11.9. The van der Waals surface area contributed by atoms with Crippen LogP contribution >= 0.6 is 0 Å². The maximum Gasteiger partial charge on any atom is 0.317 e. The lowest BCUT2D eigenvalue weighted by atomic mass is 9.97. The number of carboxylic acid groups (broad SMARTS) is 1. The monoisotopic (exact) mass is 292 g/mol. The first-order chi connectivity index (χ1) is 10.1. The van der Waals surface area contributed by atoms with E-state index in [1.807, 2.05) is 18.2 Å². The van der Waals surface area contributed by atoms with Crippen molar-refractivity contribution < 1.29 is 19.4 Å². The molecule has 114 valence electrons. The molecule has 6 heteroatoms. The number of benzene rings is 1. The fraction of sp³-hybridized carbons (Fsp3) is 0.467. The van der Waals surface area contributed by atoms with E-state index < -0.39 is 5.97 Å². The zero-order valence-electron chi connectivity index (χ0n) is 12.0. The quantitative estimate of drug-likeness (QED) is 0.860. The lowest BCUT2D eigenvalue weighted by Crippen LogP contribution is -2.41. The van der Waals surface area contributed by atoms with Crippen LogP contribution in [0, 0.1) is 0 Å². The van der Waals surface area contributed by atoms with Crippen LogP contribution in [0.3, 0.4) is 0 Å². The molecule has 1 aromatic carbocycles. The summed E-state index contributed by atoms with van der Waals surface area (Å²) in [5.74, 6) is -0.928.